The molecule has 0 spiro atoms. The molecule has 1 heterocycles. The molecule has 0 radical (unpaired) electrons. The molecule has 1 rings (SSSR count). The van der Waals surface area contributed by atoms with Gasteiger partial charge in [0.15, 0.2) is 6.29 Å². The van der Waals surface area contributed by atoms with Crippen LogP contribution < -0.4 is 0 Å². The summed E-state index contributed by atoms with van der Waals surface area (Å²) < 4.78 is 10.6. The molecule has 4 heteroatoms. The molecule has 0 aromatic carbocycles. The Hall–Kier alpha value is 0.360. The van der Waals surface area contributed by atoms with Crippen LogP contribution in [0.1, 0.15) is 19.8 Å². The average molecular weight is 252 g/mol. The summed E-state index contributed by atoms with van der Waals surface area (Å²) in [4.78, 5) is 2.29. The molecular formula is C9H18BrNO2. The van der Waals surface area contributed by atoms with Gasteiger partial charge in [-0.1, -0.05) is 15.9 Å². The quantitative estimate of drug-likeness (QED) is 0.432. The maximum absolute atomic E-state index is 5.54. The Kier molecular flexibility index (Phi) is 4.16. The van der Waals surface area contributed by atoms with Gasteiger partial charge in [-0.05, 0) is 33.4 Å². The highest BCUT2D eigenvalue weighted by Crippen LogP contribution is 2.34. The van der Waals surface area contributed by atoms with Crippen molar-refractivity contribution < 1.29 is 9.47 Å². The van der Waals surface area contributed by atoms with Gasteiger partial charge in [0.25, 0.3) is 0 Å². The Balaban J connectivity index is 2.34. The van der Waals surface area contributed by atoms with Crippen LogP contribution in [0.2, 0.25) is 0 Å². The lowest BCUT2D eigenvalue weighted by Crippen LogP contribution is -2.40. The van der Waals surface area contributed by atoms with Gasteiger partial charge in [0, 0.05) is 7.11 Å². The lowest BCUT2D eigenvalue weighted by molar-refractivity contribution is -0.123. The van der Waals surface area contributed by atoms with Gasteiger partial charge in [-0.25, -0.2) is 0 Å². The van der Waals surface area contributed by atoms with E-state index >= 15 is 0 Å². The van der Waals surface area contributed by atoms with E-state index in [0.29, 0.717) is 6.61 Å². The first kappa shape index (κ1) is 11.4. The van der Waals surface area contributed by atoms with Crippen LogP contribution in [-0.2, 0) is 9.47 Å². The van der Waals surface area contributed by atoms with Crippen molar-refractivity contribution in [1.29, 1.82) is 0 Å². The minimum Gasteiger partial charge on any atom is -0.356 e. The zero-order valence-corrected chi connectivity index (χ0v) is 10.1. The SMILES string of the molecule is COC(C)OCC1(Br)CCCN1C. The lowest BCUT2D eigenvalue weighted by Gasteiger charge is -2.30. The summed E-state index contributed by atoms with van der Waals surface area (Å²) >= 11 is 3.71. The van der Waals surface area contributed by atoms with Gasteiger partial charge in [0.05, 0.1) is 6.61 Å². The van der Waals surface area contributed by atoms with E-state index in [0.717, 1.165) is 13.0 Å². The minimum atomic E-state index is -0.122. The van der Waals surface area contributed by atoms with Crippen LogP contribution >= 0.6 is 15.9 Å². The molecule has 0 saturated carbocycles. The van der Waals surface area contributed by atoms with Gasteiger partial charge < -0.3 is 9.47 Å². The molecule has 0 bridgehead atoms. The van der Waals surface area contributed by atoms with Crippen molar-refractivity contribution in [2.24, 2.45) is 0 Å². The maximum Gasteiger partial charge on any atom is 0.154 e. The monoisotopic (exact) mass is 251 g/mol. The lowest BCUT2D eigenvalue weighted by atomic mass is 10.2. The normalized spacial score (nSPS) is 32.3. The number of alkyl halides is 1. The predicted molar refractivity (Wildman–Crippen MR) is 55.9 cm³/mol. The number of halogens is 1. The number of nitrogens with zero attached hydrogens (tertiary/aromatic N) is 1. The Morgan fingerprint density at radius 1 is 1.62 bits per heavy atom. The Morgan fingerprint density at radius 2 is 2.31 bits per heavy atom. The molecule has 2 unspecified atom stereocenters. The second kappa shape index (κ2) is 4.73. The fourth-order valence-electron chi connectivity index (χ4n) is 1.47. The number of likely N-dealkylation sites (tertiary alicyclic amines) is 1. The second-order valence-corrected chi connectivity index (χ2v) is 5.03. The second-order valence-electron chi connectivity index (χ2n) is 3.56. The van der Waals surface area contributed by atoms with E-state index in [-0.39, 0.29) is 10.7 Å². The first-order valence-corrected chi connectivity index (χ1v) is 5.42. The molecular weight excluding hydrogens is 234 g/mol. The van der Waals surface area contributed by atoms with Crippen LogP contribution in [0, 0.1) is 0 Å². The fraction of sp³-hybridized carbons (Fsp3) is 1.00. The van der Waals surface area contributed by atoms with Crippen LogP contribution in [0.25, 0.3) is 0 Å². The first-order valence-electron chi connectivity index (χ1n) is 4.63. The highest BCUT2D eigenvalue weighted by Gasteiger charge is 2.36. The van der Waals surface area contributed by atoms with Gasteiger partial charge >= 0.3 is 0 Å². The molecule has 0 aromatic rings. The highest BCUT2D eigenvalue weighted by atomic mass is 79.9. The van der Waals surface area contributed by atoms with Crippen LogP contribution in [-0.4, -0.2) is 42.9 Å². The largest absolute Gasteiger partial charge is 0.356 e. The summed E-state index contributed by atoms with van der Waals surface area (Å²) in [6, 6.07) is 0. The molecule has 1 saturated heterocycles. The van der Waals surface area contributed by atoms with E-state index in [2.05, 4.69) is 27.9 Å². The van der Waals surface area contributed by atoms with Crippen molar-refractivity contribution in [3.05, 3.63) is 0 Å². The van der Waals surface area contributed by atoms with Gasteiger partial charge in [-0.3, -0.25) is 4.90 Å². The molecule has 0 aromatic heterocycles. The van der Waals surface area contributed by atoms with Gasteiger partial charge in [-0.15, -0.1) is 0 Å². The number of hydrogen-bond acceptors (Lipinski definition) is 3. The third-order valence-electron chi connectivity index (χ3n) is 2.61. The Bertz CT molecular complexity index is 168. The molecule has 2 atom stereocenters. The molecule has 0 N–H and O–H groups in total. The zero-order valence-electron chi connectivity index (χ0n) is 8.55. The first-order chi connectivity index (χ1) is 6.08. The summed E-state index contributed by atoms with van der Waals surface area (Å²) in [7, 11) is 3.77. The van der Waals surface area contributed by atoms with E-state index in [4.69, 9.17) is 9.47 Å². The molecule has 78 valence electrons. The standard InChI is InChI=1S/C9H18BrNO2/c1-8(12-3)13-7-9(10)5-4-6-11(9)2/h8H,4-7H2,1-3H3. The third-order valence-corrected chi connectivity index (χ3v) is 3.84. The number of hydrogen-bond donors (Lipinski definition) is 0. The molecule has 1 fully saturated rings. The summed E-state index contributed by atoms with van der Waals surface area (Å²) in [6.07, 6.45) is 2.25. The average Bonchev–Trinajstić information content (AvgIpc) is 2.44. The van der Waals surface area contributed by atoms with Crippen molar-refractivity contribution >= 4 is 15.9 Å². The Labute approximate surface area is 88.5 Å². The van der Waals surface area contributed by atoms with Gasteiger partial charge in [0.2, 0.25) is 0 Å². The Morgan fingerprint density at radius 3 is 2.77 bits per heavy atom. The van der Waals surface area contributed by atoms with E-state index < -0.39 is 0 Å². The molecule has 0 aliphatic carbocycles. The van der Waals surface area contributed by atoms with E-state index in [1.54, 1.807) is 7.11 Å². The highest BCUT2D eigenvalue weighted by molar-refractivity contribution is 9.10. The number of rotatable bonds is 4. The third kappa shape index (κ3) is 2.91. The van der Waals surface area contributed by atoms with Crippen LogP contribution in [0.5, 0.6) is 0 Å². The molecule has 3 nitrogen and oxygen atoms in total. The topological polar surface area (TPSA) is 21.7 Å². The molecule has 1 aliphatic heterocycles. The van der Waals surface area contributed by atoms with Gasteiger partial charge in [0.1, 0.15) is 4.45 Å². The van der Waals surface area contributed by atoms with Crippen LogP contribution in [0.15, 0.2) is 0 Å². The fourth-order valence-corrected chi connectivity index (χ4v) is 2.06. The summed E-state index contributed by atoms with van der Waals surface area (Å²) in [5.41, 5.74) is 0. The molecule has 13 heavy (non-hydrogen) atoms. The number of ether oxygens (including phenoxy) is 2. The van der Waals surface area contributed by atoms with Gasteiger partial charge in [-0.2, -0.15) is 0 Å². The predicted octanol–water partition coefficient (Wildman–Crippen LogP) is 1.81. The van der Waals surface area contributed by atoms with Crippen molar-refractivity contribution in [3.8, 4) is 0 Å². The number of methoxy groups -OCH3 is 1. The van der Waals surface area contributed by atoms with Crippen molar-refractivity contribution in [2.75, 3.05) is 27.3 Å². The maximum atomic E-state index is 5.54. The van der Waals surface area contributed by atoms with Crippen molar-refractivity contribution in [2.45, 2.75) is 30.5 Å². The molecule has 0 amide bonds. The summed E-state index contributed by atoms with van der Waals surface area (Å²) in [6.45, 7) is 3.72. The minimum absolute atomic E-state index is 0.0276. The zero-order chi connectivity index (χ0) is 9.90. The van der Waals surface area contributed by atoms with E-state index in [1.165, 1.54) is 6.42 Å². The van der Waals surface area contributed by atoms with Crippen LogP contribution in [0.3, 0.4) is 0 Å². The number of likely N-dealkylation sites (N-methyl/N-ethyl adjacent to an activating group) is 1. The summed E-state index contributed by atoms with van der Waals surface area (Å²) in [5, 5.41) is 0. The van der Waals surface area contributed by atoms with Crippen molar-refractivity contribution in [3.63, 3.8) is 0 Å². The van der Waals surface area contributed by atoms with Crippen LogP contribution in [0.4, 0.5) is 0 Å². The van der Waals surface area contributed by atoms with E-state index in [1.807, 2.05) is 6.92 Å². The van der Waals surface area contributed by atoms with Crippen molar-refractivity contribution in [1.82, 2.24) is 4.90 Å². The molecule has 1 aliphatic rings. The summed E-state index contributed by atoms with van der Waals surface area (Å²) in [5.74, 6) is 0. The smallest absolute Gasteiger partial charge is 0.154 e. The van der Waals surface area contributed by atoms with E-state index in [9.17, 15) is 0 Å².